The third-order valence-corrected chi connectivity index (χ3v) is 2.29. The SMILES string of the molecule is CC=C/C(C)=N\C(=C(/C)CBr)[N+](=O)[O-]. The van der Waals surface area contributed by atoms with E-state index in [0.29, 0.717) is 16.6 Å². The molecule has 4 nitrogen and oxygen atoms in total. The first-order valence-corrected chi connectivity index (χ1v) is 5.23. The largest absolute Gasteiger partial charge is 0.363 e. The minimum absolute atomic E-state index is 0.0857. The van der Waals surface area contributed by atoms with Crippen LogP contribution in [0.1, 0.15) is 20.8 Å². The van der Waals surface area contributed by atoms with E-state index in [2.05, 4.69) is 20.9 Å². The molecule has 14 heavy (non-hydrogen) atoms. The molecule has 0 aliphatic heterocycles. The molecule has 0 aromatic heterocycles. The first-order chi connectivity index (χ1) is 6.52. The van der Waals surface area contributed by atoms with Gasteiger partial charge in [0.25, 0.3) is 0 Å². The van der Waals surface area contributed by atoms with Gasteiger partial charge in [0.2, 0.25) is 0 Å². The zero-order valence-corrected chi connectivity index (χ0v) is 10.0. The van der Waals surface area contributed by atoms with Gasteiger partial charge in [0.1, 0.15) is 5.71 Å². The molecule has 0 rings (SSSR count). The summed E-state index contributed by atoms with van der Waals surface area (Å²) < 4.78 is 0. The summed E-state index contributed by atoms with van der Waals surface area (Å²) in [5.41, 5.74) is 1.23. The Kier molecular flexibility index (Phi) is 6.03. The zero-order chi connectivity index (χ0) is 11.1. The van der Waals surface area contributed by atoms with Gasteiger partial charge in [-0.05, 0) is 29.8 Å². The number of hydrogen-bond acceptors (Lipinski definition) is 3. The summed E-state index contributed by atoms with van der Waals surface area (Å²) in [6.45, 7) is 5.25. The number of rotatable bonds is 4. The van der Waals surface area contributed by atoms with Crippen LogP contribution >= 0.6 is 15.9 Å². The molecule has 0 aliphatic carbocycles. The summed E-state index contributed by atoms with van der Waals surface area (Å²) in [5, 5.41) is 11.1. The molecule has 0 saturated heterocycles. The molecule has 0 amide bonds. The fraction of sp³-hybridized carbons (Fsp3) is 0.444. The molecule has 0 atom stereocenters. The Hall–Kier alpha value is -0.970. The van der Waals surface area contributed by atoms with Gasteiger partial charge < -0.3 is 10.1 Å². The van der Waals surface area contributed by atoms with E-state index in [1.807, 2.05) is 6.92 Å². The van der Waals surface area contributed by atoms with Crippen molar-refractivity contribution in [3.8, 4) is 0 Å². The maximum Gasteiger partial charge on any atom is 0.363 e. The van der Waals surface area contributed by atoms with Gasteiger partial charge >= 0.3 is 5.82 Å². The van der Waals surface area contributed by atoms with Crippen molar-refractivity contribution in [3.05, 3.63) is 33.7 Å². The van der Waals surface area contributed by atoms with Crippen LogP contribution in [0.15, 0.2) is 28.5 Å². The second-order valence-corrected chi connectivity index (χ2v) is 3.31. The normalized spacial score (nSPS) is 14.4. The monoisotopic (exact) mass is 260 g/mol. The van der Waals surface area contributed by atoms with E-state index in [-0.39, 0.29) is 5.82 Å². The molecule has 0 heterocycles. The van der Waals surface area contributed by atoms with Crippen molar-refractivity contribution < 1.29 is 4.92 Å². The van der Waals surface area contributed by atoms with Crippen LogP contribution in [0.4, 0.5) is 0 Å². The van der Waals surface area contributed by atoms with Crippen LogP contribution in [-0.4, -0.2) is 16.0 Å². The highest BCUT2D eigenvalue weighted by molar-refractivity contribution is 9.09. The Labute approximate surface area is 91.7 Å². The Bertz CT molecular complexity index is 306. The lowest BCUT2D eigenvalue weighted by molar-refractivity contribution is -0.427. The molecule has 0 aromatic carbocycles. The third kappa shape index (κ3) is 4.32. The second-order valence-electron chi connectivity index (χ2n) is 2.75. The lowest BCUT2D eigenvalue weighted by Crippen LogP contribution is -2.02. The molecule has 5 heteroatoms. The van der Waals surface area contributed by atoms with Crippen molar-refractivity contribution >= 4 is 21.6 Å². The van der Waals surface area contributed by atoms with Crippen molar-refractivity contribution in [2.24, 2.45) is 4.99 Å². The predicted molar refractivity (Wildman–Crippen MR) is 61.4 cm³/mol. The number of allylic oxidation sites excluding steroid dienone is 3. The number of aliphatic imine (C=N–C) groups is 1. The van der Waals surface area contributed by atoms with E-state index in [0.717, 1.165) is 0 Å². The van der Waals surface area contributed by atoms with Crippen molar-refractivity contribution in [2.75, 3.05) is 5.33 Å². The van der Waals surface area contributed by atoms with Crippen molar-refractivity contribution in [3.63, 3.8) is 0 Å². The second kappa shape index (κ2) is 6.48. The van der Waals surface area contributed by atoms with Crippen LogP contribution in [0.2, 0.25) is 0 Å². The van der Waals surface area contributed by atoms with Crippen LogP contribution in [0.3, 0.4) is 0 Å². The summed E-state index contributed by atoms with van der Waals surface area (Å²) in [6, 6.07) is 0. The fourth-order valence-electron chi connectivity index (χ4n) is 0.797. The number of nitrogens with zero attached hydrogens (tertiary/aromatic N) is 2. The quantitative estimate of drug-likeness (QED) is 0.338. The Morgan fingerprint density at radius 3 is 2.50 bits per heavy atom. The topological polar surface area (TPSA) is 55.5 Å². The number of halogens is 1. The molecule has 0 radical (unpaired) electrons. The van der Waals surface area contributed by atoms with Crippen LogP contribution in [0.5, 0.6) is 0 Å². The minimum atomic E-state index is -0.469. The van der Waals surface area contributed by atoms with Crippen LogP contribution < -0.4 is 0 Å². The molecular weight excluding hydrogens is 248 g/mol. The summed E-state index contributed by atoms with van der Waals surface area (Å²) in [7, 11) is 0. The van der Waals surface area contributed by atoms with Gasteiger partial charge in [-0.25, -0.2) is 0 Å². The van der Waals surface area contributed by atoms with Gasteiger partial charge in [-0.1, -0.05) is 22.0 Å². The van der Waals surface area contributed by atoms with Gasteiger partial charge in [-0.2, -0.15) is 0 Å². The van der Waals surface area contributed by atoms with Gasteiger partial charge in [-0.15, -0.1) is 0 Å². The average Bonchev–Trinajstić information content (AvgIpc) is 2.13. The maximum absolute atomic E-state index is 10.6. The summed E-state index contributed by atoms with van der Waals surface area (Å²) >= 11 is 3.16. The molecule has 0 fully saturated rings. The van der Waals surface area contributed by atoms with Crippen molar-refractivity contribution in [1.82, 2.24) is 0 Å². The number of hydrogen-bond donors (Lipinski definition) is 0. The highest BCUT2D eigenvalue weighted by atomic mass is 79.9. The summed E-state index contributed by atoms with van der Waals surface area (Å²) in [6.07, 6.45) is 3.52. The standard InChI is InChI=1S/C9H13BrN2O2/c1-4-5-8(3)11-9(12(13)14)7(2)6-10/h4-5H,6H2,1-3H3/b5-4?,9-7-,11-8-. The first kappa shape index (κ1) is 13.0. The molecular formula is C9H13BrN2O2. The number of alkyl halides is 1. The van der Waals surface area contributed by atoms with Gasteiger partial charge in [0.15, 0.2) is 0 Å². The van der Waals surface area contributed by atoms with E-state index < -0.39 is 4.92 Å². The molecule has 0 N–H and O–H groups in total. The van der Waals surface area contributed by atoms with Crippen LogP contribution in [-0.2, 0) is 0 Å². The van der Waals surface area contributed by atoms with E-state index in [4.69, 9.17) is 0 Å². The summed E-state index contributed by atoms with van der Waals surface area (Å²) in [4.78, 5) is 14.1. The highest BCUT2D eigenvalue weighted by Gasteiger charge is 2.13. The van der Waals surface area contributed by atoms with Gasteiger partial charge in [0, 0.05) is 17.8 Å². The molecule has 0 spiro atoms. The number of nitro groups is 1. The lowest BCUT2D eigenvalue weighted by atomic mass is 10.3. The molecule has 0 bridgehead atoms. The van der Waals surface area contributed by atoms with E-state index in [9.17, 15) is 10.1 Å². The minimum Gasteiger partial charge on any atom is -0.358 e. The third-order valence-electron chi connectivity index (χ3n) is 1.45. The molecule has 0 aliphatic rings. The fourth-order valence-corrected chi connectivity index (χ4v) is 1.05. The molecule has 78 valence electrons. The average molecular weight is 261 g/mol. The van der Waals surface area contributed by atoms with Crippen LogP contribution in [0, 0.1) is 10.1 Å². The Balaban J connectivity index is 5.07. The predicted octanol–water partition coefficient (Wildman–Crippen LogP) is 2.93. The van der Waals surface area contributed by atoms with Crippen LogP contribution in [0.25, 0.3) is 0 Å². The van der Waals surface area contributed by atoms with Crippen molar-refractivity contribution in [2.45, 2.75) is 20.8 Å². The highest BCUT2D eigenvalue weighted by Crippen LogP contribution is 2.09. The molecule has 0 aromatic rings. The zero-order valence-electron chi connectivity index (χ0n) is 8.45. The smallest absolute Gasteiger partial charge is 0.358 e. The molecule has 0 unspecified atom stereocenters. The Morgan fingerprint density at radius 1 is 1.57 bits per heavy atom. The van der Waals surface area contributed by atoms with Gasteiger partial charge in [-0.3, -0.25) is 0 Å². The van der Waals surface area contributed by atoms with E-state index in [1.54, 1.807) is 26.0 Å². The molecule has 0 saturated carbocycles. The van der Waals surface area contributed by atoms with Gasteiger partial charge in [0.05, 0.1) is 0 Å². The summed E-state index contributed by atoms with van der Waals surface area (Å²) in [5.74, 6) is -0.0857. The lowest BCUT2D eigenvalue weighted by Gasteiger charge is -1.96. The Morgan fingerprint density at radius 2 is 2.14 bits per heavy atom. The maximum atomic E-state index is 10.6. The van der Waals surface area contributed by atoms with Crippen molar-refractivity contribution in [1.29, 1.82) is 0 Å². The van der Waals surface area contributed by atoms with E-state index >= 15 is 0 Å². The first-order valence-electron chi connectivity index (χ1n) is 4.11. The van der Waals surface area contributed by atoms with E-state index in [1.165, 1.54) is 0 Å².